The van der Waals surface area contributed by atoms with Crippen molar-refractivity contribution in [3.63, 3.8) is 0 Å². The normalized spacial score (nSPS) is 10.5. The second-order valence-corrected chi connectivity index (χ2v) is 2.57. The maximum atomic E-state index is 5.38. The quantitative estimate of drug-likeness (QED) is 0.493. The third-order valence-electron chi connectivity index (χ3n) is 1.69. The number of aromatic nitrogens is 1. The van der Waals surface area contributed by atoms with Gasteiger partial charge in [-0.25, -0.2) is 0 Å². The van der Waals surface area contributed by atoms with Crippen molar-refractivity contribution in [1.29, 1.82) is 0 Å². The molecule has 3 N–H and O–H groups in total. The van der Waals surface area contributed by atoms with E-state index < -0.39 is 0 Å². The molecule has 62 valence electrons. The molecule has 0 bridgehead atoms. The van der Waals surface area contributed by atoms with Crippen LogP contribution in [0.15, 0.2) is 22.7 Å². The highest BCUT2D eigenvalue weighted by atomic mass is 16.3. The number of nitrogens with one attached hydrogen (secondary N) is 1. The van der Waals surface area contributed by atoms with Gasteiger partial charge in [0.15, 0.2) is 5.58 Å². The molecule has 0 saturated heterocycles. The summed E-state index contributed by atoms with van der Waals surface area (Å²) in [5, 5.41) is 0. The lowest BCUT2D eigenvalue weighted by molar-refractivity contribution is 0.579. The largest absolute Gasteiger partial charge is 0.457 e. The van der Waals surface area contributed by atoms with Gasteiger partial charge in [-0.3, -0.25) is 10.8 Å². The molecule has 0 atom stereocenters. The van der Waals surface area contributed by atoms with E-state index in [0.29, 0.717) is 5.58 Å². The number of hydrazine groups is 1. The molecule has 2 rings (SSSR count). The van der Waals surface area contributed by atoms with Crippen molar-refractivity contribution in [2.75, 3.05) is 5.43 Å². The van der Waals surface area contributed by atoms with Crippen molar-refractivity contribution in [3.05, 3.63) is 24.1 Å². The van der Waals surface area contributed by atoms with Crippen LogP contribution in [0.3, 0.4) is 0 Å². The van der Waals surface area contributed by atoms with Crippen molar-refractivity contribution in [2.45, 2.75) is 6.92 Å². The fourth-order valence-electron chi connectivity index (χ4n) is 1.17. The molecular weight excluding hydrogens is 154 g/mol. The van der Waals surface area contributed by atoms with E-state index in [1.165, 1.54) is 0 Å². The number of rotatable bonds is 1. The lowest BCUT2D eigenvalue weighted by Crippen LogP contribution is -2.06. The summed E-state index contributed by atoms with van der Waals surface area (Å²) in [7, 11) is 0. The minimum absolute atomic E-state index is 0.706. The van der Waals surface area contributed by atoms with Crippen molar-refractivity contribution >= 4 is 16.8 Å². The number of pyridine rings is 1. The van der Waals surface area contributed by atoms with Crippen LogP contribution in [0.1, 0.15) is 5.76 Å². The third kappa shape index (κ3) is 0.931. The summed E-state index contributed by atoms with van der Waals surface area (Å²) >= 11 is 0. The van der Waals surface area contributed by atoms with E-state index in [4.69, 9.17) is 10.3 Å². The Labute approximate surface area is 69.4 Å². The van der Waals surface area contributed by atoms with Gasteiger partial charge in [-0.05, 0) is 13.0 Å². The number of nitrogens with two attached hydrogens (primary N) is 1. The molecule has 0 unspecified atom stereocenters. The van der Waals surface area contributed by atoms with E-state index in [0.717, 1.165) is 17.0 Å². The van der Waals surface area contributed by atoms with Gasteiger partial charge in [-0.2, -0.15) is 0 Å². The van der Waals surface area contributed by atoms with Gasteiger partial charge in [0, 0.05) is 12.3 Å². The molecule has 2 heterocycles. The summed E-state index contributed by atoms with van der Waals surface area (Å²) in [6.07, 6.45) is 1.69. The smallest absolute Gasteiger partial charge is 0.177 e. The van der Waals surface area contributed by atoms with Gasteiger partial charge in [-0.1, -0.05) is 0 Å². The highest BCUT2D eigenvalue weighted by Crippen LogP contribution is 2.23. The first kappa shape index (κ1) is 7.12. The molecule has 2 aromatic rings. The molecule has 2 aromatic heterocycles. The molecule has 0 fully saturated rings. The van der Waals surface area contributed by atoms with Gasteiger partial charge in [0.2, 0.25) is 0 Å². The van der Waals surface area contributed by atoms with Crippen LogP contribution in [0.4, 0.5) is 5.69 Å². The molecule has 0 aliphatic heterocycles. The molecule has 0 aromatic carbocycles. The van der Waals surface area contributed by atoms with E-state index in [1.54, 1.807) is 12.3 Å². The topological polar surface area (TPSA) is 64.1 Å². The monoisotopic (exact) mass is 163 g/mol. The first-order valence-corrected chi connectivity index (χ1v) is 3.63. The first-order chi connectivity index (χ1) is 5.81. The number of aryl methyl sites for hydroxylation is 1. The fourth-order valence-corrected chi connectivity index (χ4v) is 1.17. The van der Waals surface area contributed by atoms with Gasteiger partial charge >= 0.3 is 0 Å². The van der Waals surface area contributed by atoms with Gasteiger partial charge in [0.05, 0.1) is 5.69 Å². The van der Waals surface area contributed by atoms with Gasteiger partial charge in [0.25, 0.3) is 0 Å². The van der Waals surface area contributed by atoms with E-state index in [2.05, 4.69) is 10.4 Å². The van der Waals surface area contributed by atoms with Crippen molar-refractivity contribution < 1.29 is 4.42 Å². The summed E-state index contributed by atoms with van der Waals surface area (Å²) < 4.78 is 5.38. The number of nitrogens with zero attached hydrogens (tertiary/aromatic N) is 1. The molecular formula is C8H9N3O. The summed E-state index contributed by atoms with van der Waals surface area (Å²) in [5.74, 6) is 6.12. The number of hydrogen-bond donors (Lipinski definition) is 2. The number of hydrogen-bond acceptors (Lipinski definition) is 4. The summed E-state index contributed by atoms with van der Waals surface area (Å²) in [5.41, 5.74) is 4.84. The Bertz CT molecular complexity index is 408. The summed E-state index contributed by atoms with van der Waals surface area (Å²) in [6.45, 7) is 1.88. The van der Waals surface area contributed by atoms with Crippen LogP contribution in [0.2, 0.25) is 0 Å². The number of furan rings is 1. The summed E-state index contributed by atoms with van der Waals surface area (Å²) in [6, 6.07) is 3.64. The number of fused-ring (bicyclic) bond motifs is 1. The number of anilines is 1. The zero-order valence-corrected chi connectivity index (χ0v) is 6.66. The van der Waals surface area contributed by atoms with Crippen LogP contribution in [0, 0.1) is 6.92 Å². The molecule has 0 spiro atoms. The van der Waals surface area contributed by atoms with Crippen LogP contribution in [-0.2, 0) is 0 Å². The maximum absolute atomic E-state index is 5.38. The maximum Gasteiger partial charge on any atom is 0.177 e. The zero-order valence-electron chi connectivity index (χ0n) is 6.66. The highest BCUT2D eigenvalue weighted by Gasteiger charge is 2.04. The Morgan fingerprint density at radius 2 is 2.42 bits per heavy atom. The fraction of sp³-hybridized carbons (Fsp3) is 0.125. The second kappa shape index (κ2) is 2.49. The third-order valence-corrected chi connectivity index (χ3v) is 1.69. The van der Waals surface area contributed by atoms with E-state index in [9.17, 15) is 0 Å². The standard InChI is InChI=1S/C8H9N3O/c1-5-4-7-8(12-5)6(11-9)2-3-10-7/h2-4H,9H2,1H3,(H,10,11). The van der Waals surface area contributed by atoms with Gasteiger partial charge in [0.1, 0.15) is 11.3 Å². The molecule has 12 heavy (non-hydrogen) atoms. The Morgan fingerprint density at radius 1 is 1.58 bits per heavy atom. The average molecular weight is 163 g/mol. The first-order valence-electron chi connectivity index (χ1n) is 3.63. The van der Waals surface area contributed by atoms with Crippen LogP contribution in [0.5, 0.6) is 0 Å². The Balaban J connectivity index is 2.78. The van der Waals surface area contributed by atoms with Crippen LogP contribution in [-0.4, -0.2) is 4.98 Å². The van der Waals surface area contributed by atoms with Crippen molar-refractivity contribution in [2.24, 2.45) is 5.84 Å². The van der Waals surface area contributed by atoms with Crippen LogP contribution in [0.25, 0.3) is 11.1 Å². The Morgan fingerprint density at radius 3 is 3.17 bits per heavy atom. The molecule has 0 aliphatic rings. The predicted octanol–water partition coefficient (Wildman–Crippen LogP) is 1.42. The van der Waals surface area contributed by atoms with Crippen molar-refractivity contribution in [3.8, 4) is 0 Å². The predicted molar refractivity (Wildman–Crippen MR) is 46.6 cm³/mol. The van der Waals surface area contributed by atoms with E-state index in [-0.39, 0.29) is 0 Å². The summed E-state index contributed by atoms with van der Waals surface area (Å²) in [4.78, 5) is 4.12. The lowest BCUT2D eigenvalue weighted by atomic mass is 10.3. The molecule has 0 saturated carbocycles. The Kier molecular flexibility index (Phi) is 1.48. The molecule has 0 amide bonds. The zero-order chi connectivity index (χ0) is 8.55. The van der Waals surface area contributed by atoms with E-state index in [1.807, 2.05) is 13.0 Å². The highest BCUT2D eigenvalue weighted by molar-refractivity contribution is 5.85. The number of nitrogen functional groups attached to an aromatic ring is 1. The minimum Gasteiger partial charge on any atom is -0.457 e. The average Bonchev–Trinajstić information content (AvgIpc) is 2.44. The second-order valence-electron chi connectivity index (χ2n) is 2.57. The Hall–Kier alpha value is -1.55. The van der Waals surface area contributed by atoms with Gasteiger partial charge < -0.3 is 9.84 Å². The van der Waals surface area contributed by atoms with E-state index >= 15 is 0 Å². The SMILES string of the molecule is Cc1cc2nccc(NN)c2o1. The van der Waals surface area contributed by atoms with Gasteiger partial charge in [-0.15, -0.1) is 0 Å². The lowest BCUT2D eigenvalue weighted by Gasteiger charge is -1.97. The molecule has 4 nitrogen and oxygen atoms in total. The van der Waals surface area contributed by atoms with Crippen LogP contribution >= 0.6 is 0 Å². The van der Waals surface area contributed by atoms with Crippen LogP contribution < -0.4 is 11.3 Å². The van der Waals surface area contributed by atoms with Crippen molar-refractivity contribution in [1.82, 2.24) is 4.98 Å². The molecule has 0 aliphatic carbocycles. The molecule has 0 radical (unpaired) electrons. The molecule has 4 heteroatoms. The minimum atomic E-state index is 0.706.